The van der Waals surface area contributed by atoms with E-state index in [0.29, 0.717) is 0 Å². The molecule has 1 aliphatic heterocycles. The number of piperazine rings is 1. The molecule has 122 valence electrons. The Morgan fingerprint density at radius 3 is 2.62 bits per heavy atom. The van der Waals surface area contributed by atoms with E-state index in [9.17, 15) is 0 Å². The summed E-state index contributed by atoms with van der Waals surface area (Å²) < 4.78 is 1.73. The van der Waals surface area contributed by atoms with Gasteiger partial charge in [0.15, 0.2) is 5.65 Å². The topological polar surface area (TPSA) is 49.6 Å². The molecule has 6 heteroatoms. The van der Waals surface area contributed by atoms with Crippen LogP contribution in [-0.2, 0) is 0 Å². The quantitative estimate of drug-likeness (QED) is 0.735. The van der Waals surface area contributed by atoms with Crippen LogP contribution in [0.1, 0.15) is 5.56 Å². The van der Waals surface area contributed by atoms with Crippen molar-refractivity contribution in [2.45, 2.75) is 0 Å². The van der Waals surface area contributed by atoms with Crippen LogP contribution in [0.5, 0.6) is 0 Å². The van der Waals surface area contributed by atoms with Gasteiger partial charge in [-0.3, -0.25) is 4.90 Å². The zero-order valence-electron chi connectivity index (χ0n) is 13.5. The van der Waals surface area contributed by atoms with Gasteiger partial charge < -0.3 is 4.90 Å². The Labute approximate surface area is 141 Å². The van der Waals surface area contributed by atoms with Crippen molar-refractivity contribution >= 4 is 17.5 Å². The first-order chi connectivity index (χ1) is 11.9. The van der Waals surface area contributed by atoms with Gasteiger partial charge in [0, 0.05) is 32.7 Å². The van der Waals surface area contributed by atoms with Gasteiger partial charge in [-0.05, 0) is 17.7 Å². The van der Waals surface area contributed by atoms with Crippen LogP contribution in [0.3, 0.4) is 0 Å². The van der Waals surface area contributed by atoms with Crippen molar-refractivity contribution in [2.24, 2.45) is 0 Å². The maximum absolute atomic E-state index is 4.57. The summed E-state index contributed by atoms with van der Waals surface area (Å²) >= 11 is 0. The number of hydrogen-bond acceptors (Lipinski definition) is 5. The van der Waals surface area contributed by atoms with E-state index in [1.807, 2.05) is 18.2 Å². The Balaban J connectivity index is 1.32. The summed E-state index contributed by atoms with van der Waals surface area (Å²) in [7, 11) is 0. The summed E-state index contributed by atoms with van der Waals surface area (Å²) in [5, 5.41) is 12.4. The molecular formula is C18H20N6. The van der Waals surface area contributed by atoms with Crippen molar-refractivity contribution in [1.82, 2.24) is 24.7 Å². The molecule has 0 spiro atoms. The second-order valence-corrected chi connectivity index (χ2v) is 5.93. The minimum Gasteiger partial charge on any atom is -0.353 e. The van der Waals surface area contributed by atoms with Crippen LogP contribution in [0.2, 0.25) is 0 Å². The molecule has 24 heavy (non-hydrogen) atoms. The summed E-state index contributed by atoms with van der Waals surface area (Å²) in [5.41, 5.74) is 2.03. The van der Waals surface area contributed by atoms with Gasteiger partial charge in [0.05, 0.1) is 0 Å². The number of hydrogen-bond donors (Lipinski definition) is 0. The molecule has 0 saturated carbocycles. The van der Waals surface area contributed by atoms with Gasteiger partial charge in [-0.2, -0.15) is 4.52 Å². The average molecular weight is 320 g/mol. The van der Waals surface area contributed by atoms with Gasteiger partial charge in [0.1, 0.15) is 12.1 Å². The molecule has 1 fully saturated rings. The molecule has 3 aromatic rings. The van der Waals surface area contributed by atoms with Crippen LogP contribution in [0.15, 0.2) is 54.9 Å². The lowest BCUT2D eigenvalue weighted by Crippen LogP contribution is -2.46. The van der Waals surface area contributed by atoms with Crippen molar-refractivity contribution in [1.29, 1.82) is 0 Å². The third kappa shape index (κ3) is 3.28. The third-order valence-electron chi connectivity index (χ3n) is 4.32. The average Bonchev–Trinajstić information content (AvgIpc) is 3.11. The molecular weight excluding hydrogens is 300 g/mol. The van der Waals surface area contributed by atoms with Crippen LogP contribution < -0.4 is 4.90 Å². The smallest absolute Gasteiger partial charge is 0.177 e. The molecule has 0 atom stereocenters. The second kappa shape index (κ2) is 6.80. The SMILES string of the molecule is C(=C/c1ccccc1)/CN1CCN(c2ccc3nncn3n2)CC1. The molecule has 1 aromatic carbocycles. The van der Waals surface area contributed by atoms with Crippen molar-refractivity contribution in [3.05, 3.63) is 60.4 Å². The Morgan fingerprint density at radius 2 is 1.79 bits per heavy atom. The highest BCUT2D eigenvalue weighted by Gasteiger charge is 2.17. The van der Waals surface area contributed by atoms with Gasteiger partial charge in [-0.15, -0.1) is 15.3 Å². The lowest BCUT2D eigenvalue weighted by molar-refractivity contribution is 0.283. The van der Waals surface area contributed by atoms with Gasteiger partial charge in [-0.25, -0.2) is 0 Å². The van der Waals surface area contributed by atoms with E-state index in [-0.39, 0.29) is 0 Å². The minimum atomic E-state index is 0.781. The first-order valence-corrected chi connectivity index (χ1v) is 8.24. The van der Waals surface area contributed by atoms with Crippen molar-refractivity contribution in [2.75, 3.05) is 37.6 Å². The summed E-state index contributed by atoms with van der Waals surface area (Å²) in [5.74, 6) is 0.988. The summed E-state index contributed by atoms with van der Waals surface area (Å²) in [4.78, 5) is 4.78. The van der Waals surface area contributed by atoms with Crippen molar-refractivity contribution in [3.8, 4) is 0 Å². The predicted octanol–water partition coefficient (Wildman–Crippen LogP) is 1.96. The number of aromatic nitrogens is 4. The monoisotopic (exact) mass is 320 g/mol. The Hall–Kier alpha value is -2.73. The number of benzene rings is 1. The zero-order valence-corrected chi connectivity index (χ0v) is 13.5. The van der Waals surface area contributed by atoms with E-state index in [2.05, 4.69) is 61.5 Å². The second-order valence-electron chi connectivity index (χ2n) is 5.93. The first-order valence-electron chi connectivity index (χ1n) is 8.24. The molecule has 2 aromatic heterocycles. The molecule has 0 aliphatic carbocycles. The number of fused-ring (bicyclic) bond motifs is 1. The largest absolute Gasteiger partial charge is 0.353 e. The van der Waals surface area contributed by atoms with Crippen LogP contribution in [-0.4, -0.2) is 57.4 Å². The number of nitrogens with zero attached hydrogens (tertiary/aromatic N) is 6. The fourth-order valence-electron chi connectivity index (χ4n) is 2.95. The molecule has 1 aliphatic rings. The van der Waals surface area contributed by atoms with Crippen LogP contribution in [0, 0.1) is 0 Å². The third-order valence-corrected chi connectivity index (χ3v) is 4.32. The maximum atomic E-state index is 4.57. The number of rotatable bonds is 4. The van der Waals surface area contributed by atoms with Gasteiger partial charge in [-0.1, -0.05) is 42.5 Å². The Morgan fingerprint density at radius 1 is 0.958 bits per heavy atom. The van der Waals surface area contributed by atoms with E-state index < -0.39 is 0 Å². The zero-order chi connectivity index (χ0) is 16.2. The summed E-state index contributed by atoms with van der Waals surface area (Å²) in [6.45, 7) is 5.04. The fourth-order valence-corrected chi connectivity index (χ4v) is 2.95. The first kappa shape index (κ1) is 14.8. The minimum absolute atomic E-state index is 0.781. The predicted molar refractivity (Wildman–Crippen MR) is 94.9 cm³/mol. The van der Waals surface area contributed by atoms with Gasteiger partial charge in [0.2, 0.25) is 0 Å². The van der Waals surface area contributed by atoms with Crippen LogP contribution >= 0.6 is 0 Å². The highest BCUT2D eigenvalue weighted by atomic mass is 15.4. The summed E-state index contributed by atoms with van der Waals surface area (Å²) in [6.07, 6.45) is 6.07. The molecule has 0 N–H and O–H groups in total. The summed E-state index contributed by atoms with van der Waals surface area (Å²) in [6, 6.07) is 14.4. The molecule has 3 heterocycles. The lowest BCUT2D eigenvalue weighted by atomic mass is 10.2. The Bertz CT molecular complexity index is 818. The van der Waals surface area contributed by atoms with Crippen LogP contribution in [0.25, 0.3) is 11.7 Å². The maximum Gasteiger partial charge on any atom is 0.177 e. The van der Waals surface area contributed by atoms with Gasteiger partial charge >= 0.3 is 0 Å². The molecule has 6 nitrogen and oxygen atoms in total. The lowest BCUT2D eigenvalue weighted by Gasteiger charge is -2.34. The molecule has 0 amide bonds. The molecule has 0 unspecified atom stereocenters. The molecule has 0 radical (unpaired) electrons. The molecule has 0 bridgehead atoms. The van der Waals surface area contributed by atoms with E-state index in [4.69, 9.17) is 0 Å². The highest BCUT2D eigenvalue weighted by molar-refractivity contribution is 5.49. The Kier molecular flexibility index (Phi) is 4.20. The normalized spacial score (nSPS) is 16.2. The van der Waals surface area contributed by atoms with Gasteiger partial charge in [0.25, 0.3) is 0 Å². The van der Waals surface area contributed by atoms with E-state index in [1.54, 1.807) is 10.8 Å². The van der Waals surface area contributed by atoms with E-state index in [1.165, 1.54) is 5.56 Å². The van der Waals surface area contributed by atoms with E-state index in [0.717, 1.165) is 44.2 Å². The van der Waals surface area contributed by atoms with E-state index >= 15 is 0 Å². The standard InChI is InChI=1S/C18H20N6/c1-2-5-16(6-3-1)7-4-10-22-11-13-23(14-12-22)18-9-8-17-20-19-15-24(17)21-18/h1-9,15H,10-14H2/b7-4-. The molecule has 1 saturated heterocycles. The van der Waals surface area contributed by atoms with Crippen molar-refractivity contribution < 1.29 is 0 Å². The van der Waals surface area contributed by atoms with Crippen molar-refractivity contribution in [3.63, 3.8) is 0 Å². The number of anilines is 1. The van der Waals surface area contributed by atoms with Crippen LogP contribution in [0.4, 0.5) is 5.82 Å². The molecule has 4 rings (SSSR count). The fraction of sp³-hybridized carbons (Fsp3) is 0.278. The highest BCUT2D eigenvalue weighted by Crippen LogP contribution is 2.14.